The number of hydrogen-bond acceptors (Lipinski definition) is 5. The van der Waals surface area contributed by atoms with Crippen LogP contribution in [0.5, 0.6) is 0 Å². The fourth-order valence-electron chi connectivity index (χ4n) is 2.89. The van der Waals surface area contributed by atoms with Crippen molar-refractivity contribution in [2.24, 2.45) is 5.92 Å². The summed E-state index contributed by atoms with van der Waals surface area (Å²) in [5.74, 6) is 1.50. The van der Waals surface area contributed by atoms with E-state index in [0.717, 1.165) is 11.3 Å². The highest BCUT2D eigenvalue weighted by Gasteiger charge is 2.17. The Hall–Kier alpha value is -2.24. The van der Waals surface area contributed by atoms with Crippen LogP contribution in [-0.2, 0) is 4.79 Å². The van der Waals surface area contributed by atoms with Gasteiger partial charge in [-0.05, 0) is 30.9 Å². The monoisotopic (exact) mass is 299 g/mol. The number of aromatic nitrogens is 3. The summed E-state index contributed by atoms with van der Waals surface area (Å²) >= 11 is 0. The van der Waals surface area contributed by atoms with E-state index in [2.05, 4.69) is 25.6 Å². The maximum atomic E-state index is 11.8. The first-order valence-corrected chi connectivity index (χ1v) is 7.89. The third-order valence-electron chi connectivity index (χ3n) is 4.03. The van der Waals surface area contributed by atoms with Crippen molar-refractivity contribution in [3.05, 3.63) is 24.5 Å². The molecule has 1 fully saturated rings. The zero-order chi connectivity index (χ0) is 15.2. The number of pyridine rings is 1. The van der Waals surface area contributed by atoms with E-state index in [4.69, 9.17) is 0 Å². The highest BCUT2D eigenvalue weighted by Crippen LogP contribution is 2.27. The van der Waals surface area contributed by atoms with Crippen LogP contribution < -0.4 is 10.6 Å². The van der Waals surface area contributed by atoms with Crippen LogP contribution in [0.2, 0.25) is 0 Å². The first-order valence-electron chi connectivity index (χ1n) is 7.89. The van der Waals surface area contributed by atoms with Gasteiger partial charge in [-0.3, -0.25) is 9.78 Å². The topological polar surface area (TPSA) is 79.8 Å². The SMILES string of the molecule is O=C(CC1CCCC1)NCCNc1ccc2nccnc2n1. The molecule has 0 bridgehead atoms. The van der Waals surface area contributed by atoms with Gasteiger partial charge in [-0.2, -0.15) is 0 Å². The molecule has 0 radical (unpaired) electrons. The summed E-state index contributed by atoms with van der Waals surface area (Å²) < 4.78 is 0. The number of fused-ring (bicyclic) bond motifs is 1. The number of anilines is 1. The van der Waals surface area contributed by atoms with Gasteiger partial charge in [0.05, 0.1) is 0 Å². The maximum Gasteiger partial charge on any atom is 0.220 e. The molecule has 1 saturated carbocycles. The highest BCUT2D eigenvalue weighted by molar-refractivity contribution is 5.76. The summed E-state index contributed by atoms with van der Waals surface area (Å²) in [6.07, 6.45) is 8.90. The van der Waals surface area contributed by atoms with E-state index in [1.807, 2.05) is 12.1 Å². The number of amides is 1. The van der Waals surface area contributed by atoms with E-state index in [9.17, 15) is 4.79 Å². The number of nitrogens with zero attached hydrogens (tertiary/aromatic N) is 3. The van der Waals surface area contributed by atoms with Gasteiger partial charge in [0.15, 0.2) is 5.65 Å². The maximum absolute atomic E-state index is 11.8. The average molecular weight is 299 g/mol. The summed E-state index contributed by atoms with van der Waals surface area (Å²) in [6.45, 7) is 1.25. The Morgan fingerprint density at radius 3 is 2.82 bits per heavy atom. The first-order chi connectivity index (χ1) is 10.8. The van der Waals surface area contributed by atoms with Gasteiger partial charge in [0.2, 0.25) is 5.91 Å². The minimum absolute atomic E-state index is 0.158. The molecule has 1 aliphatic carbocycles. The Bertz CT molecular complexity index is 639. The molecule has 1 amide bonds. The van der Waals surface area contributed by atoms with Crippen molar-refractivity contribution in [3.8, 4) is 0 Å². The molecule has 0 aliphatic heterocycles. The lowest BCUT2D eigenvalue weighted by Crippen LogP contribution is -2.29. The molecular weight excluding hydrogens is 278 g/mol. The Labute approximate surface area is 129 Å². The van der Waals surface area contributed by atoms with Crippen LogP contribution in [0.1, 0.15) is 32.1 Å². The highest BCUT2D eigenvalue weighted by atomic mass is 16.1. The molecule has 22 heavy (non-hydrogen) atoms. The second kappa shape index (κ2) is 7.15. The average Bonchev–Trinajstić information content (AvgIpc) is 3.04. The van der Waals surface area contributed by atoms with E-state index in [-0.39, 0.29) is 5.91 Å². The second-order valence-corrected chi connectivity index (χ2v) is 5.73. The summed E-state index contributed by atoms with van der Waals surface area (Å²) in [5.41, 5.74) is 1.40. The van der Waals surface area contributed by atoms with E-state index in [1.165, 1.54) is 25.7 Å². The van der Waals surface area contributed by atoms with Crippen molar-refractivity contribution in [2.45, 2.75) is 32.1 Å². The largest absolute Gasteiger partial charge is 0.368 e. The van der Waals surface area contributed by atoms with Crippen LogP contribution in [0.25, 0.3) is 11.2 Å². The smallest absolute Gasteiger partial charge is 0.220 e. The molecule has 0 spiro atoms. The van der Waals surface area contributed by atoms with Crippen molar-refractivity contribution in [1.29, 1.82) is 0 Å². The van der Waals surface area contributed by atoms with E-state index >= 15 is 0 Å². The third kappa shape index (κ3) is 3.90. The molecule has 3 rings (SSSR count). The van der Waals surface area contributed by atoms with Crippen LogP contribution >= 0.6 is 0 Å². The van der Waals surface area contributed by atoms with Gasteiger partial charge in [-0.15, -0.1) is 0 Å². The van der Waals surface area contributed by atoms with Crippen LogP contribution in [0.4, 0.5) is 5.82 Å². The number of hydrogen-bond donors (Lipinski definition) is 2. The van der Waals surface area contributed by atoms with Gasteiger partial charge >= 0.3 is 0 Å². The Kier molecular flexibility index (Phi) is 4.78. The quantitative estimate of drug-likeness (QED) is 0.799. The van der Waals surface area contributed by atoms with Gasteiger partial charge in [0.1, 0.15) is 11.3 Å². The van der Waals surface area contributed by atoms with Gasteiger partial charge in [-0.25, -0.2) is 9.97 Å². The van der Waals surface area contributed by atoms with Crippen molar-refractivity contribution >= 4 is 22.9 Å². The molecule has 2 N–H and O–H groups in total. The summed E-state index contributed by atoms with van der Waals surface area (Å²) in [4.78, 5) is 24.5. The molecule has 0 unspecified atom stereocenters. The third-order valence-corrected chi connectivity index (χ3v) is 4.03. The zero-order valence-electron chi connectivity index (χ0n) is 12.6. The van der Waals surface area contributed by atoms with Crippen molar-refractivity contribution < 1.29 is 4.79 Å². The number of carbonyl (C=O) groups excluding carboxylic acids is 1. The van der Waals surface area contributed by atoms with Crippen LogP contribution in [0, 0.1) is 5.92 Å². The van der Waals surface area contributed by atoms with Gasteiger partial charge < -0.3 is 10.6 Å². The second-order valence-electron chi connectivity index (χ2n) is 5.73. The molecule has 116 valence electrons. The van der Waals surface area contributed by atoms with E-state index in [0.29, 0.717) is 31.1 Å². The van der Waals surface area contributed by atoms with Gasteiger partial charge in [0.25, 0.3) is 0 Å². The van der Waals surface area contributed by atoms with E-state index in [1.54, 1.807) is 12.4 Å². The van der Waals surface area contributed by atoms with Gasteiger partial charge in [0, 0.05) is 31.9 Å². The minimum atomic E-state index is 0.158. The Balaban J connectivity index is 1.41. The lowest BCUT2D eigenvalue weighted by molar-refractivity contribution is -0.121. The van der Waals surface area contributed by atoms with Crippen LogP contribution in [0.3, 0.4) is 0 Å². The normalized spacial score (nSPS) is 15.1. The lowest BCUT2D eigenvalue weighted by atomic mass is 10.0. The van der Waals surface area contributed by atoms with Crippen molar-refractivity contribution in [1.82, 2.24) is 20.3 Å². The molecule has 0 atom stereocenters. The van der Waals surface area contributed by atoms with Crippen molar-refractivity contribution in [3.63, 3.8) is 0 Å². The molecular formula is C16H21N5O. The summed E-state index contributed by atoms with van der Waals surface area (Å²) in [5, 5.41) is 6.15. The fraction of sp³-hybridized carbons (Fsp3) is 0.500. The minimum Gasteiger partial charge on any atom is -0.368 e. The molecule has 6 heteroatoms. The molecule has 2 heterocycles. The Morgan fingerprint density at radius 2 is 1.95 bits per heavy atom. The fourth-order valence-corrected chi connectivity index (χ4v) is 2.89. The number of carbonyl (C=O) groups is 1. The molecule has 2 aromatic heterocycles. The number of rotatable bonds is 6. The van der Waals surface area contributed by atoms with Crippen LogP contribution in [-0.4, -0.2) is 33.9 Å². The molecule has 0 aromatic carbocycles. The van der Waals surface area contributed by atoms with E-state index < -0.39 is 0 Å². The number of nitrogens with one attached hydrogen (secondary N) is 2. The predicted molar refractivity (Wildman–Crippen MR) is 85.4 cm³/mol. The molecule has 6 nitrogen and oxygen atoms in total. The molecule has 2 aromatic rings. The Morgan fingerprint density at radius 1 is 1.14 bits per heavy atom. The standard InChI is InChI=1S/C16H21N5O/c22-15(11-12-3-1-2-4-12)19-9-8-18-14-6-5-13-16(21-14)20-10-7-17-13/h5-7,10,12H,1-4,8-9,11H2,(H,19,22)(H,18,20,21). The lowest BCUT2D eigenvalue weighted by Gasteiger charge is -2.10. The molecule has 1 aliphatic rings. The summed E-state index contributed by atoms with van der Waals surface area (Å²) in [7, 11) is 0. The zero-order valence-corrected chi connectivity index (χ0v) is 12.6. The summed E-state index contributed by atoms with van der Waals surface area (Å²) in [6, 6.07) is 3.76. The molecule has 0 saturated heterocycles. The predicted octanol–water partition coefficient (Wildman–Crippen LogP) is 2.13. The first kappa shape index (κ1) is 14.7. The van der Waals surface area contributed by atoms with Crippen LogP contribution in [0.15, 0.2) is 24.5 Å². The van der Waals surface area contributed by atoms with Gasteiger partial charge in [-0.1, -0.05) is 12.8 Å². The van der Waals surface area contributed by atoms with Crippen molar-refractivity contribution in [2.75, 3.05) is 18.4 Å².